The number of Topliss-reactive ketones (excluding diaryl/α,β-unsaturated/α-hetero) is 1. The molecule has 0 spiro atoms. The Morgan fingerprint density at radius 3 is 2.65 bits per heavy atom. The minimum absolute atomic E-state index is 0.0380. The quantitative estimate of drug-likeness (QED) is 0.758. The molecule has 3 nitrogen and oxygen atoms in total. The highest BCUT2D eigenvalue weighted by atomic mass is 32.2. The first-order valence-corrected chi connectivity index (χ1v) is 8.62. The van der Waals surface area contributed by atoms with E-state index in [4.69, 9.17) is 4.74 Å². The van der Waals surface area contributed by atoms with Crippen molar-refractivity contribution in [1.29, 1.82) is 0 Å². The van der Waals surface area contributed by atoms with Gasteiger partial charge in [-0.15, -0.1) is 0 Å². The van der Waals surface area contributed by atoms with E-state index in [9.17, 15) is 9.00 Å². The van der Waals surface area contributed by atoms with Crippen LogP contribution in [0.1, 0.15) is 42.6 Å². The number of rotatable bonds is 6. The molecule has 1 saturated heterocycles. The van der Waals surface area contributed by atoms with Crippen LogP contribution in [0.5, 0.6) is 0 Å². The molecule has 0 N–H and O–H groups in total. The molecule has 3 atom stereocenters. The Kier molecular flexibility index (Phi) is 5.49. The van der Waals surface area contributed by atoms with Gasteiger partial charge in [0.05, 0.1) is 17.1 Å². The van der Waals surface area contributed by atoms with Gasteiger partial charge in [0.15, 0.2) is 5.78 Å². The second kappa shape index (κ2) is 7.14. The highest BCUT2D eigenvalue weighted by Crippen LogP contribution is 2.16. The van der Waals surface area contributed by atoms with Crippen LogP contribution in [0.15, 0.2) is 24.3 Å². The number of carbonyl (C=O) groups excluding carboxylic acids is 1. The van der Waals surface area contributed by atoms with Crippen LogP contribution in [0.4, 0.5) is 0 Å². The van der Waals surface area contributed by atoms with Crippen molar-refractivity contribution in [2.45, 2.75) is 44.5 Å². The molecule has 1 fully saturated rings. The average Bonchev–Trinajstić information content (AvgIpc) is 2.98. The van der Waals surface area contributed by atoms with Crippen molar-refractivity contribution in [3.8, 4) is 0 Å². The van der Waals surface area contributed by atoms with Gasteiger partial charge in [-0.1, -0.05) is 31.2 Å². The molecule has 1 aromatic rings. The predicted molar refractivity (Wildman–Crippen MR) is 81.6 cm³/mol. The fourth-order valence-corrected chi connectivity index (χ4v) is 3.65. The zero-order valence-electron chi connectivity index (χ0n) is 12.1. The van der Waals surface area contributed by atoms with Crippen LogP contribution in [0.25, 0.3) is 0 Å². The molecule has 0 radical (unpaired) electrons. The summed E-state index contributed by atoms with van der Waals surface area (Å²) in [6.07, 6.45) is 3.00. The topological polar surface area (TPSA) is 43.4 Å². The van der Waals surface area contributed by atoms with Crippen molar-refractivity contribution in [1.82, 2.24) is 0 Å². The smallest absolute Gasteiger partial charge is 0.178 e. The van der Waals surface area contributed by atoms with E-state index in [1.165, 1.54) is 5.56 Å². The fraction of sp³-hybridized carbons (Fsp3) is 0.562. The van der Waals surface area contributed by atoms with Gasteiger partial charge in [0.1, 0.15) is 0 Å². The highest BCUT2D eigenvalue weighted by Gasteiger charge is 2.26. The Hall–Kier alpha value is -1.00. The highest BCUT2D eigenvalue weighted by molar-refractivity contribution is 7.86. The molecule has 20 heavy (non-hydrogen) atoms. The van der Waals surface area contributed by atoms with Crippen molar-refractivity contribution >= 4 is 16.6 Å². The molecule has 110 valence electrons. The molecule has 0 aromatic heterocycles. The van der Waals surface area contributed by atoms with E-state index < -0.39 is 16.0 Å². The number of carbonyl (C=O) groups is 1. The summed E-state index contributed by atoms with van der Waals surface area (Å²) < 4.78 is 17.7. The monoisotopic (exact) mass is 294 g/mol. The number of hydrogen-bond donors (Lipinski definition) is 0. The Morgan fingerprint density at radius 1 is 1.40 bits per heavy atom. The standard InChI is InChI=1S/C16H22O3S/c1-3-13-6-8-14(9-7-13)16(17)12(2)20(18)11-15-5-4-10-19-15/h6-9,12,15H,3-5,10-11H2,1-2H3. The summed E-state index contributed by atoms with van der Waals surface area (Å²) in [7, 11) is -1.17. The summed E-state index contributed by atoms with van der Waals surface area (Å²) in [6, 6.07) is 7.59. The third kappa shape index (κ3) is 3.76. The Labute approximate surface area is 123 Å². The number of ether oxygens (including phenoxy) is 1. The van der Waals surface area contributed by atoms with E-state index in [2.05, 4.69) is 6.92 Å². The molecular weight excluding hydrogens is 272 g/mol. The molecule has 2 rings (SSSR count). The lowest BCUT2D eigenvalue weighted by Crippen LogP contribution is -2.28. The van der Waals surface area contributed by atoms with Gasteiger partial charge >= 0.3 is 0 Å². The zero-order valence-corrected chi connectivity index (χ0v) is 12.9. The van der Waals surface area contributed by atoms with Crippen LogP contribution < -0.4 is 0 Å². The van der Waals surface area contributed by atoms with Crippen molar-refractivity contribution in [2.24, 2.45) is 0 Å². The van der Waals surface area contributed by atoms with E-state index in [1.807, 2.05) is 24.3 Å². The number of hydrogen-bond acceptors (Lipinski definition) is 3. The molecule has 0 bridgehead atoms. The Balaban J connectivity index is 1.97. The third-order valence-corrected chi connectivity index (χ3v) is 5.49. The first kappa shape index (κ1) is 15.4. The van der Waals surface area contributed by atoms with E-state index in [-0.39, 0.29) is 11.9 Å². The molecule has 3 unspecified atom stereocenters. The van der Waals surface area contributed by atoms with E-state index in [0.717, 1.165) is 25.9 Å². The molecule has 4 heteroatoms. The number of aryl methyl sites for hydroxylation is 1. The van der Waals surface area contributed by atoms with Crippen LogP contribution in [0, 0.1) is 0 Å². The van der Waals surface area contributed by atoms with Gasteiger partial charge in [-0.2, -0.15) is 0 Å². The lowest BCUT2D eigenvalue weighted by Gasteiger charge is -2.14. The minimum Gasteiger partial charge on any atom is -0.377 e. The van der Waals surface area contributed by atoms with Crippen LogP contribution in [0.3, 0.4) is 0 Å². The lowest BCUT2D eigenvalue weighted by atomic mass is 10.1. The Morgan fingerprint density at radius 2 is 2.10 bits per heavy atom. The van der Waals surface area contributed by atoms with Gasteiger partial charge < -0.3 is 4.74 Å². The maximum Gasteiger partial charge on any atom is 0.178 e. The van der Waals surface area contributed by atoms with Crippen LogP contribution in [-0.4, -0.2) is 33.7 Å². The normalized spacial score (nSPS) is 21.6. The predicted octanol–water partition coefficient (Wildman–Crippen LogP) is 2.75. The SMILES string of the molecule is CCc1ccc(C(=O)C(C)S(=O)CC2CCCO2)cc1. The maximum atomic E-state index is 12.3. The van der Waals surface area contributed by atoms with Crippen molar-refractivity contribution < 1.29 is 13.7 Å². The van der Waals surface area contributed by atoms with E-state index in [0.29, 0.717) is 11.3 Å². The second-order valence-corrected chi connectivity index (χ2v) is 7.04. The largest absolute Gasteiger partial charge is 0.377 e. The summed E-state index contributed by atoms with van der Waals surface area (Å²) >= 11 is 0. The molecule has 1 aromatic carbocycles. The molecular formula is C16H22O3S. The van der Waals surface area contributed by atoms with Gasteiger partial charge in [0, 0.05) is 23.0 Å². The first-order chi connectivity index (χ1) is 9.61. The van der Waals surface area contributed by atoms with Gasteiger partial charge in [-0.05, 0) is 31.7 Å². The summed E-state index contributed by atoms with van der Waals surface area (Å²) in [5.74, 6) is 0.434. The third-order valence-electron chi connectivity index (χ3n) is 3.78. The Bertz CT molecular complexity index is 475. The van der Waals surface area contributed by atoms with Crippen LogP contribution >= 0.6 is 0 Å². The fourth-order valence-electron chi connectivity index (χ4n) is 2.36. The summed E-state index contributed by atoms with van der Waals surface area (Å²) in [4.78, 5) is 12.3. The van der Waals surface area contributed by atoms with Gasteiger partial charge in [0.25, 0.3) is 0 Å². The van der Waals surface area contributed by atoms with Crippen molar-refractivity contribution in [2.75, 3.05) is 12.4 Å². The summed E-state index contributed by atoms with van der Waals surface area (Å²) in [6.45, 7) is 4.58. The van der Waals surface area contributed by atoms with Crippen LogP contribution in [0.2, 0.25) is 0 Å². The number of ketones is 1. The van der Waals surface area contributed by atoms with E-state index in [1.54, 1.807) is 6.92 Å². The average molecular weight is 294 g/mol. The molecule has 0 amide bonds. The first-order valence-electron chi connectivity index (χ1n) is 7.23. The van der Waals surface area contributed by atoms with Gasteiger partial charge in [-0.3, -0.25) is 9.00 Å². The minimum atomic E-state index is -1.17. The van der Waals surface area contributed by atoms with Crippen LogP contribution in [-0.2, 0) is 22.0 Å². The zero-order chi connectivity index (χ0) is 14.5. The molecule has 1 heterocycles. The van der Waals surface area contributed by atoms with Crippen molar-refractivity contribution in [3.05, 3.63) is 35.4 Å². The molecule has 0 saturated carbocycles. The van der Waals surface area contributed by atoms with Gasteiger partial charge in [-0.25, -0.2) is 0 Å². The second-order valence-electron chi connectivity index (χ2n) is 5.24. The molecule has 1 aliphatic rings. The maximum absolute atomic E-state index is 12.3. The molecule has 1 aliphatic heterocycles. The molecule has 0 aliphatic carbocycles. The summed E-state index contributed by atoms with van der Waals surface area (Å²) in [5, 5.41) is -0.466. The lowest BCUT2D eigenvalue weighted by molar-refractivity contribution is 0.0991. The number of benzene rings is 1. The van der Waals surface area contributed by atoms with Gasteiger partial charge in [0.2, 0.25) is 0 Å². The van der Waals surface area contributed by atoms with Crippen molar-refractivity contribution in [3.63, 3.8) is 0 Å². The van der Waals surface area contributed by atoms with E-state index >= 15 is 0 Å². The summed E-state index contributed by atoms with van der Waals surface area (Å²) in [5.41, 5.74) is 1.85.